The van der Waals surface area contributed by atoms with Gasteiger partial charge in [0.2, 0.25) is 0 Å². The van der Waals surface area contributed by atoms with Crippen molar-refractivity contribution in [2.75, 3.05) is 6.61 Å². The van der Waals surface area contributed by atoms with Gasteiger partial charge in [0.05, 0.1) is 0 Å². The first-order valence-corrected chi connectivity index (χ1v) is 5.97. The van der Waals surface area contributed by atoms with Gasteiger partial charge in [-0.05, 0) is 51.4 Å². The molecule has 1 heteroatoms. The Hall–Kier alpha value is -0.560. The largest absolute Gasteiger partial charge is 0.371 e. The van der Waals surface area contributed by atoms with Crippen molar-refractivity contribution < 1.29 is 4.74 Å². The molecule has 0 aliphatic heterocycles. The zero-order chi connectivity index (χ0) is 11.2. The van der Waals surface area contributed by atoms with Gasteiger partial charge in [-0.1, -0.05) is 24.3 Å². The lowest BCUT2D eigenvalue weighted by Gasteiger charge is -2.32. The Balaban J connectivity index is 1.97. The fraction of sp³-hybridized carbons (Fsp3) is 0.333. The first-order valence-electron chi connectivity index (χ1n) is 5.97. The summed E-state index contributed by atoms with van der Waals surface area (Å²) in [5, 5.41) is 0. The molecule has 0 aromatic carbocycles. The van der Waals surface area contributed by atoms with E-state index in [4.69, 9.17) is 4.74 Å². The van der Waals surface area contributed by atoms with Crippen molar-refractivity contribution in [1.29, 1.82) is 0 Å². The molecule has 2 aliphatic rings. The van der Waals surface area contributed by atoms with Crippen LogP contribution in [-0.4, -0.2) is 6.61 Å². The summed E-state index contributed by atoms with van der Waals surface area (Å²) in [5.74, 6) is 1.65. The third-order valence-corrected chi connectivity index (χ3v) is 2.82. The molecule has 0 saturated heterocycles. The summed E-state index contributed by atoms with van der Waals surface area (Å²) in [7, 11) is 0. The van der Waals surface area contributed by atoms with Crippen LogP contribution in [0.15, 0.2) is 24.3 Å². The zero-order valence-corrected chi connectivity index (χ0v) is 9.73. The summed E-state index contributed by atoms with van der Waals surface area (Å²) in [4.78, 5) is 0. The van der Waals surface area contributed by atoms with Crippen LogP contribution in [0.2, 0.25) is 0 Å². The molecule has 2 aliphatic carbocycles. The molecular weight excluding hydrogens is 196 g/mol. The van der Waals surface area contributed by atoms with Crippen molar-refractivity contribution in [3.05, 3.63) is 62.0 Å². The fourth-order valence-corrected chi connectivity index (χ4v) is 2.06. The molecule has 0 bridgehead atoms. The van der Waals surface area contributed by atoms with Gasteiger partial charge in [-0.25, -0.2) is 0 Å². The van der Waals surface area contributed by atoms with E-state index in [9.17, 15) is 0 Å². The Kier molecular flexibility index (Phi) is 4.65. The first-order chi connectivity index (χ1) is 7.92. The SMILES string of the molecule is CCO[C]([C]1[CH]C=CC=C1)C1[CH][CH][CH]CC1. The Morgan fingerprint density at radius 1 is 1.38 bits per heavy atom. The highest BCUT2D eigenvalue weighted by molar-refractivity contribution is 5.42. The van der Waals surface area contributed by atoms with Crippen molar-refractivity contribution in [1.82, 2.24) is 0 Å². The summed E-state index contributed by atoms with van der Waals surface area (Å²) in [5.41, 5.74) is 0. The van der Waals surface area contributed by atoms with Gasteiger partial charge in [0, 0.05) is 12.5 Å². The number of rotatable bonds is 4. The van der Waals surface area contributed by atoms with Crippen LogP contribution in [-0.2, 0) is 4.74 Å². The highest BCUT2D eigenvalue weighted by Crippen LogP contribution is 2.38. The van der Waals surface area contributed by atoms with Crippen LogP contribution in [0.25, 0.3) is 0 Å². The van der Waals surface area contributed by atoms with Gasteiger partial charge in [-0.2, -0.15) is 0 Å². The van der Waals surface area contributed by atoms with E-state index < -0.39 is 0 Å². The van der Waals surface area contributed by atoms with Crippen LogP contribution >= 0.6 is 0 Å². The lowest BCUT2D eigenvalue weighted by molar-refractivity contribution is 0.129. The second kappa shape index (κ2) is 6.24. The van der Waals surface area contributed by atoms with Crippen molar-refractivity contribution in [2.24, 2.45) is 5.92 Å². The van der Waals surface area contributed by atoms with Crippen molar-refractivity contribution in [2.45, 2.75) is 19.8 Å². The fourth-order valence-electron chi connectivity index (χ4n) is 2.06. The summed E-state index contributed by atoms with van der Waals surface area (Å²) in [6, 6.07) is 0. The third-order valence-electron chi connectivity index (χ3n) is 2.82. The molecule has 84 valence electrons. The molecule has 0 spiro atoms. The van der Waals surface area contributed by atoms with Gasteiger partial charge in [0.1, 0.15) is 6.10 Å². The average Bonchev–Trinajstić information content (AvgIpc) is 2.38. The maximum absolute atomic E-state index is 5.82. The molecule has 0 aromatic rings. The Bertz CT molecular complexity index is 248. The molecule has 1 atom stereocenters. The lowest BCUT2D eigenvalue weighted by Crippen LogP contribution is -2.25. The van der Waals surface area contributed by atoms with Gasteiger partial charge in [-0.3, -0.25) is 0 Å². The lowest BCUT2D eigenvalue weighted by atomic mass is 9.78. The maximum atomic E-state index is 5.82. The van der Waals surface area contributed by atoms with E-state index in [2.05, 4.69) is 43.9 Å². The van der Waals surface area contributed by atoms with Gasteiger partial charge < -0.3 is 4.74 Å². The number of hydrogen-bond donors (Lipinski definition) is 0. The molecule has 0 amide bonds. The Morgan fingerprint density at radius 3 is 2.94 bits per heavy atom. The molecule has 1 unspecified atom stereocenters. The third kappa shape index (κ3) is 2.98. The number of ether oxygens (including phenoxy) is 1. The Morgan fingerprint density at radius 2 is 2.31 bits per heavy atom. The highest BCUT2D eigenvalue weighted by Gasteiger charge is 2.31. The van der Waals surface area contributed by atoms with Gasteiger partial charge in [-0.15, -0.1) is 0 Å². The minimum Gasteiger partial charge on any atom is -0.371 e. The van der Waals surface area contributed by atoms with Crippen LogP contribution in [0.1, 0.15) is 19.8 Å². The molecule has 6 radical (unpaired) electrons. The highest BCUT2D eigenvalue weighted by atomic mass is 16.5. The van der Waals surface area contributed by atoms with E-state index in [1.54, 1.807) is 0 Å². The molecular formula is C15H18O. The molecule has 0 N–H and O–H groups in total. The first kappa shape index (κ1) is 11.9. The van der Waals surface area contributed by atoms with E-state index >= 15 is 0 Å². The minimum absolute atomic E-state index is 0.437. The molecule has 1 saturated carbocycles. The van der Waals surface area contributed by atoms with Crippen molar-refractivity contribution >= 4 is 0 Å². The Labute approximate surface area is 99.6 Å². The van der Waals surface area contributed by atoms with E-state index in [0.717, 1.165) is 25.6 Å². The second-order valence-electron chi connectivity index (χ2n) is 3.97. The predicted molar refractivity (Wildman–Crippen MR) is 66.3 cm³/mol. The van der Waals surface area contributed by atoms with Crippen molar-refractivity contribution in [3.8, 4) is 0 Å². The monoisotopic (exact) mass is 214 g/mol. The van der Waals surface area contributed by atoms with Gasteiger partial charge >= 0.3 is 0 Å². The second-order valence-corrected chi connectivity index (χ2v) is 3.97. The zero-order valence-electron chi connectivity index (χ0n) is 9.73. The number of hydrogen-bond acceptors (Lipinski definition) is 1. The summed E-state index contributed by atoms with van der Waals surface area (Å²) >= 11 is 0. The van der Waals surface area contributed by atoms with Crippen LogP contribution < -0.4 is 0 Å². The van der Waals surface area contributed by atoms with E-state index in [0.29, 0.717) is 5.92 Å². The number of allylic oxidation sites excluding steroid dienone is 3. The molecule has 1 fully saturated rings. The van der Waals surface area contributed by atoms with Gasteiger partial charge in [0.25, 0.3) is 0 Å². The van der Waals surface area contributed by atoms with E-state index in [1.165, 1.54) is 5.92 Å². The average molecular weight is 214 g/mol. The molecule has 16 heavy (non-hydrogen) atoms. The van der Waals surface area contributed by atoms with Crippen LogP contribution in [0.3, 0.4) is 0 Å². The molecule has 2 rings (SSSR count). The molecule has 0 heterocycles. The summed E-state index contributed by atoms with van der Waals surface area (Å²) < 4.78 is 5.82. The van der Waals surface area contributed by atoms with Crippen LogP contribution in [0, 0.1) is 43.6 Å². The topological polar surface area (TPSA) is 9.23 Å². The normalized spacial score (nSPS) is 23.1. The molecule has 0 aromatic heterocycles. The smallest absolute Gasteiger partial charge is 0.112 e. The summed E-state index contributed by atoms with van der Waals surface area (Å²) in [6.07, 6.45) is 20.4. The van der Waals surface area contributed by atoms with Crippen LogP contribution in [0.5, 0.6) is 0 Å². The quantitative estimate of drug-likeness (QED) is 0.696. The van der Waals surface area contributed by atoms with E-state index in [-0.39, 0.29) is 0 Å². The molecule has 1 nitrogen and oxygen atoms in total. The summed E-state index contributed by atoms with van der Waals surface area (Å²) in [6.45, 7) is 2.78. The maximum Gasteiger partial charge on any atom is 0.112 e. The van der Waals surface area contributed by atoms with Crippen LogP contribution in [0.4, 0.5) is 0 Å². The standard InChI is InChI=1S/C15H18O/c1-2-16-15(13-9-5-3-6-10-13)14-11-7-4-8-12-14/h3-7,9-11,14H,2,8,12H2,1H3. The minimum atomic E-state index is 0.437. The predicted octanol–water partition coefficient (Wildman–Crippen LogP) is 3.48. The van der Waals surface area contributed by atoms with E-state index in [1.807, 2.05) is 13.0 Å². The van der Waals surface area contributed by atoms with Gasteiger partial charge in [0.15, 0.2) is 0 Å². The van der Waals surface area contributed by atoms with Crippen molar-refractivity contribution in [3.63, 3.8) is 0 Å².